The number of alkyl halides is 24. The molecule has 108 heavy (non-hydrogen) atoms. The summed E-state index contributed by atoms with van der Waals surface area (Å²) < 4.78 is 353. The first-order valence-corrected chi connectivity index (χ1v) is 31.6. The highest BCUT2D eigenvalue weighted by molar-refractivity contribution is 6.14. The molecule has 0 radical (unpaired) electrons. The summed E-state index contributed by atoms with van der Waals surface area (Å²) in [5.74, 6) is 0. The first kappa shape index (κ1) is 72.9. The first-order valence-electron chi connectivity index (χ1n) is 31.6. The van der Waals surface area contributed by atoms with Gasteiger partial charge in [0.15, 0.2) is 0 Å². The molecule has 11 aromatic carbocycles. The van der Waals surface area contributed by atoms with Crippen LogP contribution in [0.2, 0.25) is 0 Å². The third-order valence-electron chi connectivity index (χ3n) is 18.4. The summed E-state index contributed by atoms with van der Waals surface area (Å²) in [5.41, 5.74) is -18.5. The minimum atomic E-state index is -5.48. The molecule has 14 aromatic rings. The maximum Gasteiger partial charge on any atom is 0.417 e. The normalized spacial score (nSPS) is 13.0. The van der Waals surface area contributed by atoms with Crippen molar-refractivity contribution in [1.29, 1.82) is 5.26 Å². The summed E-state index contributed by atoms with van der Waals surface area (Å²) in [6.07, 6.45) is -43.1. The zero-order chi connectivity index (χ0) is 77.5. The lowest BCUT2D eigenvalue weighted by molar-refractivity contribution is -0.144. The lowest BCUT2D eigenvalue weighted by Crippen LogP contribution is -2.12. The average molecular weight is 1510 g/mol. The first-order chi connectivity index (χ1) is 50.5. The zero-order valence-electron chi connectivity index (χ0n) is 53.8. The molecule has 14 rings (SSSR count). The van der Waals surface area contributed by atoms with E-state index < -0.39 is 144 Å². The van der Waals surface area contributed by atoms with Gasteiger partial charge in [0, 0.05) is 38.2 Å². The Hall–Kier alpha value is -12.0. The summed E-state index contributed by atoms with van der Waals surface area (Å²) in [6, 6.07) is 41.1. The fourth-order valence-electron chi connectivity index (χ4n) is 13.5. The van der Waals surface area contributed by atoms with E-state index in [1.165, 1.54) is 45.5 Å². The van der Waals surface area contributed by atoms with Crippen LogP contribution in [-0.2, 0) is 49.4 Å². The van der Waals surface area contributed by atoms with E-state index >= 15 is 52.7 Å². The van der Waals surface area contributed by atoms with Crippen LogP contribution in [0, 0.1) is 11.3 Å². The minimum Gasteiger partial charge on any atom is -0.309 e. The molecule has 4 nitrogen and oxygen atoms in total. The second-order valence-corrected chi connectivity index (χ2v) is 25.0. The molecule has 3 heterocycles. The second-order valence-electron chi connectivity index (χ2n) is 25.0. The number of nitrogens with zero attached hydrogens (tertiary/aromatic N) is 4. The van der Waals surface area contributed by atoms with Crippen LogP contribution in [0.15, 0.2) is 231 Å². The Morgan fingerprint density at radius 3 is 0.778 bits per heavy atom. The minimum absolute atomic E-state index is 0.0132. The molecule has 0 saturated heterocycles. The van der Waals surface area contributed by atoms with Crippen LogP contribution in [0.1, 0.15) is 50.1 Å². The van der Waals surface area contributed by atoms with Crippen LogP contribution in [-0.4, -0.2) is 14.1 Å². The maximum atomic E-state index is 15.1. The highest BCUT2D eigenvalue weighted by atomic mass is 19.4. The van der Waals surface area contributed by atoms with E-state index in [1.54, 1.807) is 72.8 Å². The van der Waals surface area contributed by atoms with Gasteiger partial charge in [0.05, 0.1) is 94.9 Å². The number of pyridine rings is 1. The van der Waals surface area contributed by atoms with Crippen molar-refractivity contribution >= 4 is 43.6 Å². The highest BCUT2D eigenvalue weighted by Gasteiger charge is 2.43. The molecule has 0 fully saturated rings. The van der Waals surface area contributed by atoms with Gasteiger partial charge < -0.3 is 9.13 Å². The molecule has 0 bridgehead atoms. The smallest absolute Gasteiger partial charge is 0.309 e. The van der Waals surface area contributed by atoms with Crippen molar-refractivity contribution < 1.29 is 105 Å². The molecular formula is C80H38F24N4. The number of fused-ring (bicyclic) bond motifs is 6. The van der Waals surface area contributed by atoms with E-state index in [1.807, 2.05) is 0 Å². The van der Waals surface area contributed by atoms with Gasteiger partial charge in [-0.2, -0.15) is 111 Å². The highest BCUT2D eigenvalue weighted by Crippen LogP contribution is 2.51. The predicted molar refractivity (Wildman–Crippen MR) is 356 cm³/mol. The van der Waals surface area contributed by atoms with E-state index in [9.17, 15) is 57.9 Å². The molecule has 3 aromatic heterocycles. The van der Waals surface area contributed by atoms with E-state index in [0.717, 1.165) is 48.5 Å². The Bertz CT molecular complexity index is 5670. The van der Waals surface area contributed by atoms with Gasteiger partial charge in [0.2, 0.25) is 0 Å². The average Bonchev–Trinajstić information content (AvgIpc) is 1.55. The summed E-state index contributed by atoms with van der Waals surface area (Å²) in [7, 11) is 0. The number of aromatic nitrogens is 3. The second kappa shape index (κ2) is 25.6. The van der Waals surface area contributed by atoms with Crippen LogP contribution in [0.5, 0.6) is 0 Å². The monoisotopic (exact) mass is 1510 g/mol. The predicted octanol–water partition coefficient (Wildman–Crippen LogP) is 27.0. The molecule has 28 heteroatoms. The van der Waals surface area contributed by atoms with E-state index in [4.69, 9.17) is 4.98 Å². The number of benzene rings is 11. The fourth-order valence-corrected chi connectivity index (χ4v) is 13.5. The van der Waals surface area contributed by atoms with Gasteiger partial charge in [0.25, 0.3) is 0 Å². The Labute approximate surface area is 591 Å². The lowest BCUT2D eigenvalue weighted by Gasteiger charge is -2.20. The summed E-state index contributed by atoms with van der Waals surface area (Å²) in [4.78, 5) is 4.98. The van der Waals surface area contributed by atoms with Crippen molar-refractivity contribution in [2.75, 3.05) is 0 Å². The van der Waals surface area contributed by atoms with Gasteiger partial charge in [-0.25, -0.2) is 4.98 Å². The molecule has 0 amide bonds. The van der Waals surface area contributed by atoms with Gasteiger partial charge in [-0.15, -0.1) is 0 Å². The van der Waals surface area contributed by atoms with Crippen molar-refractivity contribution in [3.05, 3.63) is 281 Å². The number of rotatable bonds is 9. The van der Waals surface area contributed by atoms with Crippen LogP contribution in [0.25, 0.3) is 133 Å². The van der Waals surface area contributed by atoms with E-state index in [0.29, 0.717) is 59.7 Å². The number of halogens is 24. The van der Waals surface area contributed by atoms with Crippen molar-refractivity contribution in [2.24, 2.45) is 0 Å². The molecule has 0 saturated carbocycles. The number of hydrogen-bond donors (Lipinski definition) is 0. The zero-order valence-corrected chi connectivity index (χ0v) is 53.8. The quantitative estimate of drug-likeness (QED) is 0.135. The maximum absolute atomic E-state index is 15.1. The van der Waals surface area contributed by atoms with Gasteiger partial charge in [-0.1, -0.05) is 109 Å². The Kier molecular flexibility index (Phi) is 17.3. The van der Waals surface area contributed by atoms with Crippen molar-refractivity contribution in [2.45, 2.75) is 49.4 Å². The summed E-state index contributed by atoms with van der Waals surface area (Å²) >= 11 is 0. The Morgan fingerprint density at radius 1 is 0.241 bits per heavy atom. The molecule has 0 N–H and O–H groups in total. The molecular weight excluding hydrogens is 1470 g/mol. The molecule has 0 aliphatic carbocycles. The van der Waals surface area contributed by atoms with Gasteiger partial charge in [-0.05, 0) is 171 Å². The largest absolute Gasteiger partial charge is 0.417 e. The lowest BCUT2D eigenvalue weighted by atomic mass is 9.94. The third-order valence-corrected chi connectivity index (χ3v) is 18.4. The molecule has 0 unspecified atom stereocenters. The molecule has 0 atom stereocenters. The van der Waals surface area contributed by atoms with E-state index in [2.05, 4.69) is 6.07 Å². The number of nitriles is 1. The van der Waals surface area contributed by atoms with E-state index in [-0.39, 0.29) is 102 Å². The van der Waals surface area contributed by atoms with Crippen molar-refractivity contribution in [3.63, 3.8) is 0 Å². The topological polar surface area (TPSA) is 46.5 Å². The van der Waals surface area contributed by atoms with Gasteiger partial charge in [0.1, 0.15) is 6.07 Å². The molecule has 0 aliphatic rings. The van der Waals surface area contributed by atoms with Gasteiger partial charge >= 0.3 is 49.4 Å². The summed E-state index contributed by atoms with van der Waals surface area (Å²) in [6.45, 7) is 0. The van der Waals surface area contributed by atoms with Crippen LogP contribution < -0.4 is 0 Å². The Balaban J connectivity index is 1.12. The van der Waals surface area contributed by atoms with Gasteiger partial charge in [-0.3, -0.25) is 0 Å². The molecule has 546 valence electrons. The van der Waals surface area contributed by atoms with Crippen LogP contribution in [0.4, 0.5) is 105 Å². The number of hydrogen-bond acceptors (Lipinski definition) is 2. The summed E-state index contributed by atoms with van der Waals surface area (Å²) in [5, 5.41) is 11.0. The third kappa shape index (κ3) is 13.4. The van der Waals surface area contributed by atoms with Crippen LogP contribution >= 0.6 is 0 Å². The van der Waals surface area contributed by atoms with Crippen LogP contribution in [0.3, 0.4) is 0 Å². The molecule has 0 spiro atoms. The standard InChI is InChI=1S/C80H38F24N4/c81-73(82,83)48-15-19-52(61(34-48)77(93,94)95)42-11-23-67-57(27-42)58-28-43(53-20-16-49(74(84,85)86)35-62(53)78(96,97)98)12-24-68(58)107(67)71-38-56(46-31-65(40-7-3-1-4-8-40)106-66(32-46)41-9-5-2-6-10-41)72(33-47(71)39-105)108-69-25-13-44(54-21-17-50(75(87,88)89)36-63(54)79(99,100)101)29-59(69)60-30-45(14-26-70(60)108)55-22-18-51(76(90,91)92)37-64(55)80(102,103)104/h1-38H. The van der Waals surface area contributed by atoms with Crippen molar-refractivity contribution in [1.82, 2.24) is 14.1 Å². The Morgan fingerprint density at radius 2 is 0.519 bits per heavy atom. The van der Waals surface area contributed by atoms with Crippen molar-refractivity contribution in [3.8, 4) is 95.6 Å². The fraction of sp³-hybridized carbons (Fsp3) is 0.100. The SMILES string of the molecule is N#Cc1cc(-n2c3ccc(-c4ccc(C(F)(F)F)cc4C(F)(F)F)cc3c3cc(-c4ccc(C(F)(F)F)cc4C(F)(F)F)ccc32)c(-c2cc(-c3ccccc3)nc(-c3ccccc3)c2)cc1-n1c2ccc(-c3ccc(C(F)(F)F)cc3C(F)(F)F)cc2c2cc(-c3ccc(C(F)(F)F)cc3C(F)(F)F)ccc21. The molecule has 0 aliphatic heterocycles.